The van der Waals surface area contributed by atoms with Crippen LogP contribution in [0.5, 0.6) is 0 Å². The second kappa shape index (κ2) is 7.37. The SMILES string of the molecule is CCOC(=O)c1ccc(S(=O)(=O)N2CCCC2c2ccccc2)cc1. The van der Waals surface area contributed by atoms with Gasteiger partial charge in [-0.05, 0) is 49.6 Å². The van der Waals surface area contributed by atoms with Crippen LogP contribution in [0.3, 0.4) is 0 Å². The molecule has 0 spiro atoms. The van der Waals surface area contributed by atoms with Crippen molar-refractivity contribution < 1.29 is 17.9 Å². The van der Waals surface area contributed by atoms with Gasteiger partial charge in [0.25, 0.3) is 0 Å². The third kappa shape index (κ3) is 3.60. The Kier molecular flexibility index (Phi) is 5.20. The minimum absolute atomic E-state index is 0.143. The second-order valence-electron chi connectivity index (χ2n) is 5.93. The molecule has 2 aromatic carbocycles. The number of sulfonamides is 1. The Morgan fingerprint density at radius 3 is 2.44 bits per heavy atom. The van der Waals surface area contributed by atoms with Crippen LogP contribution in [0, 0.1) is 0 Å². The highest BCUT2D eigenvalue weighted by Gasteiger charge is 2.36. The molecular weight excluding hydrogens is 338 g/mol. The lowest BCUT2D eigenvalue weighted by molar-refractivity contribution is 0.0526. The van der Waals surface area contributed by atoms with Gasteiger partial charge < -0.3 is 4.74 Å². The fourth-order valence-electron chi connectivity index (χ4n) is 3.15. The lowest BCUT2D eigenvalue weighted by Crippen LogP contribution is -2.30. The molecule has 1 saturated heterocycles. The smallest absolute Gasteiger partial charge is 0.338 e. The largest absolute Gasteiger partial charge is 0.462 e. The van der Waals surface area contributed by atoms with Gasteiger partial charge in [0, 0.05) is 6.54 Å². The van der Waals surface area contributed by atoms with Crippen LogP contribution >= 0.6 is 0 Å². The molecule has 1 atom stereocenters. The summed E-state index contributed by atoms with van der Waals surface area (Å²) in [5.41, 5.74) is 1.36. The number of esters is 1. The average molecular weight is 359 g/mol. The Balaban J connectivity index is 1.87. The Bertz CT molecular complexity index is 831. The summed E-state index contributed by atoms with van der Waals surface area (Å²) in [6, 6.07) is 15.5. The average Bonchev–Trinajstić information content (AvgIpc) is 3.13. The van der Waals surface area contributed by atoms with Gasteiger partial charge in [0.05, 0.1) is 23.1 Å². The number of hydrogen-bond donors (Lipinski definition) is 0. The number of rotatable bonds is 5. The van der Waals surface area contributed by atoms with Gasteiger partial charge in [-0.2, -0.15) is 4.31 Å². The van der Waals surface area contributed by atoms with Gasteiger partial charge in [-0.25, -0.2) is 13.2 Å². The van der Waals surface area contributed by atoms with E-state index in [9.17, 15) is 13.2 Å². The first-order valence-electron chi connectivity index (χ1n) is 8.38. The fraction of sp³-hybridized carbons (Fsp3) is 0.316. The predicted octanol–water partition coefficient (Wildman–Crippen LogP) is 3.39. The first-order valence-corrected chi connectivity index (χ1v) is 9.82. The van der Waals surface area contributed by atoms with E-state index in [0.717, 1.165) is 18.4 Å². The molecule has 1 heterocycles. The third-order valence-corrected chi connectivity index (χ3v) is 6.28. The van der Waals surface area contributed by atoms with E-state index in [-0.39, 0.29) is 17.5 Å². The first kappa shape index (κ1) is 17.6. The summed E-state index contributed by atoms with van der Waals surface area (Å²) in [5.74, 6) is -0.449. The minimum atomic E-state index is -3.61. The quantitative estimate of drug-likeness (QED) is 0.768. The standard InChI is InChI=1S/C19H21NO4S/c1-2-24-19(21)16-10-12-17(13-11-16)25(22,23)20-14-6-9-18(20)15-7-4-3-5-8-15/h3-5,7-8,10-13,18H,2,6,9,14H2,1H3. The summed E-state index contributed by atoms with van der Waals surface area (Å²) in [4.78, 5) is 11.9. The number of hydrogen-bond acceptors (Lipinski definition) is 4. The topological polar surface area (TPSA) is 63.7 Å². The molecule has 1 unspecified atom stereocenters. The van der Waals surface area contributed by atoms with Crippen molar-refractivity contribution in [1.29, 1.82) is 0 Å². The summed E-state index contributed by atoms with van der Waals surface area (Å²) in [7, 11) is -3.61. The van der Waals surface area contributed by atoms with Gasteiger partial charge >= 0.3 is 5.97 Å². The van der Waals surface area contributed by atoms with E-state index < -0.39 is 16.0 Å². The van der Waals surface area contributed by atoms with Gasteiger partial charge in [0.1, 0.15) is 0 Å². The van der Waals surface area contributed by atoms with Gasteiger partial charge in [-0.1, -0.05) is 30.3 Å². The van der Waals surface area contributed by atoms with Crippen LogP contribution < -0.4 is 0 Å². The predicted molar refractivity (Wildman–Crippen MR) is 94.7 cm³/mol. The highest BCUT2D eigenvalue weighted by molar-refractivity contribution is 7.89. The maximum atomic E-state index is 13.0. The molecular formula is C19H21NO4S. The van der Waals surface area contributed by atoms with Gasteiger partial charge in [0.15, 0.2) is 0 Å². The second-order valence-corrected chi connectivity index (χ2v) is 7.82. The molecule has 132 valence electrons. The molecule has 0 bridgehead atoms. The summed E-state index contributed by atoms with van der Waals surface area (Å²) < 4.78 is 32.6. The lowest BCUT2D eigenvalue weighted by Gasteiger charge is -2.24. The van der Waals surface area contributed by atoms with Crippen LogP contribution in [0.4, 0.5) is 0 Å². The summed E-state index contributed by atoms with van der Waals surface area (Å²) in [6.07, 6.45) is 1.64. The van der Waals surface area contributed by atoms with Crippen LogP contribution in [0.25, 0.3) is 0 Å². The minimum Gasteiger partial charge on any atom is -0.462 e. The third-order valence-electron chi connectivity index (χ3n) is 4.36. The molecule has 0 aliphatic carbocycles. The molecule has 0 radical (unpaired) electrons. The number of carbonyl (C=O) groups excluding carboxylic acids is 1. The van der Waals surface area contributed by atoms with Crippen molar-refractivity contribution in [3.63, 3.8) is 0 Å². The van der Waals surface area contributed by atoms with Crippen molar-refractivity contribution in [2.75, 3.05) is 13.2 Å². The molecule has 1 aliphatic rings. The number of benzene rings is 2. The Morgan fingerprint density at radius 2 is 1.80 bits per heavy atom. The van der Waals surface area contributed by atoms with Crippen molar-refractivity contribution in [1.82, 2.24) is 4.31 Å². The van der Waals surface area contributed by atoms with Crippen molar-refractivity contribution in [3.05, 3.63) is 65.7 Å². The molecule has 6 heteroatoms. The zero-order chi connectivity index (χ0) is 17.9. The van der Waals surface area contributed by atoms with Crippen molar-refractivity contribution in [2.24, 2.45) is 0 Å². The maximum absolute atomic E-state index is 13.0. The van der Waals surface area contributed by atoms with Gasteiger partial charge in [-0.3, -0.25) is 0 Å². The lowest BCUT2D eigenvalue weighted by atomic mass is 10.1. The molecule has 0 N–H and O–H groups in total. The zero-order valence-corrected chi connectivity index (χ0v) is 14.9. The van der Waals surface area contributed by atoms with Crippen LogP contribution in [0.15, 0.2) is 59.5 Å². The van der Waals surface area contributed by atoms with Crippen molar-refractivity contribution >= 4 is 16.0 Å². The summed E-state index contributed by atoms with van der Waals surface area (Å²) in [5, 5.41) is 0. The molecule has 0 amide bonds. The Hall–Kier alpha value is -2.18. The van der Waals surface area contributed by atoms with Crippen LogP contribution in [-0.4, -0.2) is 31.8 Å². The van der Waals surface area contributed by atoms with Crippen LogP contribution in [-0.2, 0) is 14.8 Å². The maximum Gasteiger partial charge on any atom is 0.338 e. The number of nitrogens with zero attached hydrogens (tertiary/aromatic N) is 1. The summed E-state index contributed by atoms with van der Waals surface area (Å²) in [6.45, 7) is 2.51. The summed E-state index contributed by atoms with van der Waals surface area (Å²) >= 11 is 0. The Morgan fingerprint density at radius 1 is 1.12 bits per heavy atom. The Labute approximate surface area is 148 Å². The van der Waals surface area contributed by atoms with Gasteiger partial charge in [0.2, 0.25) is 10.0 Å². The number of carbonyl (C=O) groups is 1. The monoisotopic (exact) mass is 359 g/mol. The molecule has 1 aliphatic heterocycles. The molecule has 5 nitrogen and oxygen atoms in total. The van der Waals surface area contributed by atoms with E-state index in [1.807, 2.05) is 30.3 Å². The molecule has 2 aromatic rings. The first-order chi connectivity index (χ1) is 12.0. The highest BCUT2D eigenvalue weighted by atomic mass is 32.2. The van der Waals surface area contributed by atoms with Crippen molar-refractivity contribution in [3.8, 4) is 0 Å². The van der Waals surface area contributed by atoms with E-state index in [1.54, 1.807) is 11.2 Å². The molecule has 0 saturated carbocycles. The van der Waals surface area contributed by atoms with Crippen LogP contribution in [0.1, 0.15) is 41.7 Å². The van der Waals surface area contributed by atoms with Gasteiger partial charge in [-0.15, -0.1) is 0 Å². The molecule has 1 fully saturated rings. The number of ether oxygens (including phenoxy) is 1. The zero-order valence-electron chi connectivity index (χ0n) is 14.1. The van der Waals surface area contributed by atoms with E-state index in [1.165, 1.54) is 24.3 Å². The van der Waals surface area contributed by atoms with Crippen molar-refractivity contribution in [2.45, 2.75) is 30.7 Å². The normalized spacial score (nSPS) is 18.2. The molecule has 0 aromatic heterocycles. The van der Waals surface area contributed by atoms with E-state index in [4.69, 9.17) is 4.74 Å². The molecule has 3 rings (SSSR count). The van der Waals surface area contributed by atoms with Crippen LogP contribution in [0.2, 0.25) is 0 Å². The highest BCUT2D eigenvalue weighted by Crippen LogP contribution is 2.36. The van der Waals surface area contributed by atoms with E-state index in [2.05, 4.69) is 0 Å². The molecule has 25 heavy (non-hydrogen) atoms. The fourth-order valence-corrected chi connectivity index (χ4v) is 4.83. The van der Waals surface area contributed by atoms with E-state index in [0.29, 0.717) is 12.1 Å². The van der Waals surface area contributed by atoms with E-state index >= 15 is 0 Å².